The van der Waals surface area contributed by atoms with Crippen LogP contribution in [0, 0.1) is 0 Å². The summed E-state index contributed by atoms with van der Waals surface area (Å²) in [5.41, 5.74) is 0.368. The normalized spacial score (nSPS) is 22.8. The SMILES string of the molecule is CC.CCN1CCNCC1(C)C. The molecule has 0 atom stereocenters. The third-order valence-electron chi connectivity index (χ3n) is 2.35. The van der Waals surface area contributed by atoms with Crippen LogP contribution < -0.4 is 5.32 Å². The highest BCUT2D eigenvalue weighted by molar-refractivity contribution is 4.87. The summed E-state index contributed by atoms with van der Waals surface area (Å²) in [6, 6.07) is 0. The fourth-order valence-electron chi connectivity index (χ4n) is 1.61. The zero-order valence-corrected chi connectivity index (χ0v) is 9.28. The van der Waals surface area contributed by atoms with Crippen LogP contribution in [0.3, 0.4) is 0 Å². The van der Waals surface area contributed by atoms with E-state index < -0.39 is 0 Å². The van der Waals surface area contributed by atoms with Crippen LogP contribution in [-0.2, 0) is 0 Å². The Bertz CT molecular complexity index is 110. The Labute approximate surface area is 77.3 Å². The molecule has 1 heterocycles. The molecule has 1 N–H and O–H groups in total. The van der Waals surface area contributed by atoms with Gasteiger partial charge in [-0.25, -0.2) is 0 Å². The van der Waals surface area contributed by atoms with Crippen molar-refractivity contribution in [1.29, 1.82) is 0 Å². The quantitative estimate of drug-likeness (QED) is 0.648. The minimum absolute atomic E-state index is 0.368. The fourth-order valence-corrected chi connectivity index (χ4v) is 1.61. The minimum atomic E-state index is 0.368. The molecule has 0 amide bonds. The number of nitrogens with zero attached hydrogens (tertiary/aromatic N) is 1. The van der Waals surface area contributed by atoms with Crippen molar-refractivity contribution in [2.75, 3.05) is 26.2 Å². The first-order valence-electron chi connectivity index (χ1n) is 5.12. The van der Waals surface area contributed by atoms with Crippen molar-refractivity contribution in [2.24, 2.45) is 0 Å². The summed E-state index contributed by atoms with van der Waals surface area (Å²) in [6.45, 7) is 15.5. The summed E-state index contributed by atoms with van der Waals surface area (Å²) in [7, 11) is 0. The molecule has 0 spiro atoms. The first-order chi connectivity index (χ1) is 5.67. The number of hydrogen-bond donors (Lipinski definition) is 1. The summed E-state index contributed by atoms with van der Waals surface area (Å²) < 4.78 is 0. The summed E-state index contributed by atoms with van der Waals surface area (Å²) in [5, 5.41) is 3.40. The molecule has 1 aliphatic rings. The van der Waals surface area contributed by atoms with Crippen LogP contribution in [0.2, 0.25) is 0 Å². The molecule has 12 heavy (non-hydrogen) atoms. The van der Waals surface area contributed by atoms with Crippen LogP contribution in [0.15, 0.2) is 0 Å². The Morgan fingerprint density at radius 2 is 1.92 bits per heavy atom. The van der Waals surface area contributed by atoms with Crippen molar-refractivity contribution < 1.29 is 0 Å². The molecule has 0 saturated carbocycles. The van der Waals surface area contributed by atoms with Crippen molar-refractivity contribution in [2.45, 2.75) is 40.2 Å². The van der Waals surface area contributed by atoms with Crippen molar-refractivity contribution in [3.05, 3.63) is 0 Å². The van der Waals surface area contributed by atoms with Gasteiger partial charge in [0.1, 0.15) is 0 Å². The van der Waals surface area contributed by atoms with Gasteiger partial charge >= 0.3 is 0 Å². The zero-order chi connectivity index (χ0) is 9.61. The van der Waals surface area contributed by atoms with E-state index in [0.717, 1.165) is 13.1 Å². The lowest BCUT2D eigenvalue weighted by Crippen LogP contribution is -2.57. The third-order valence-corrected chi connectivity index (χ3v) is 2.35. The summed E-state index contributed by atoms with van der Waals surface area (Å²) in [6.07, 6.45) is 0. The predicted octanol–water partition coefficient (Wildman–Crippen LogP) is 1.72. The highest BCUT2D eigenvalue weighted by Crippen LogP contribution is 2.14. The van der Waals surface area contributed by atoms with E-state index in [1.807, 2.05) is 13.8 Å². The molecular weight excluding hydrogens is 148 g/mol. The summed E-state index contributed by atoms with van der Waals surface area (Å²) >= 11 is 0. The van der Waals surface area contributed by atoms with Crippen LogP contribution in [-0.4, -0.2) is 36.6 Å². The molecule has 0 aromatic rings. The standard InChI is InChI=1S/C8H18N2.C2H6/c1-4-10-6-5-9-7-8(10,2)3;1-2/h9H,4-7H2,1-3H3;1-2H3. The van der Waals surface area contributed by atoms with E-state index in [9.17, 15) is 0 Å². The number of rotatable bonds is 1. The van der Waals surface area contributed by atoms with Crippen molar-refractivity contribution in [3.8, 4) is 0 Å². The zero-order valence-electron chi connectivity index (χ0n) is 9.28. The van der Waals surface area contributed by atoms with Gasteiger partial charge in [-0.1, -0.05) is 20.8 Å². The van der Waals surface area contributed by atoms with Gasteiger partial charge in [-0.05, 0) is 20.4 Å². The second-order valence-corrected chi connectivity index (χ2v) is 3.57. The molecule has 1 aliphatic heterocycles. The Kier molecular flexibility index (Phi) is 5.51. The summed E-state index contributed by atoms with van der Waals surface area (Å²) in [5.74, 6) is 0. The molecule has 0 unspecified atom stereocenters. The molecule has 1 rings (SSSR count). The maximum Gasteiger partial charge on any atom is 0.0278 e. The number of nitrogens with one attached hydrogen (secondary N) is 1. The van der Waals surface area contributed by atoms with Crippen LogP contribution in [0.25, 0.3) is 0 Å². The maximum atomic E-state index is 3.40. The lowest BCUT2D eigenvalue weighted by molar-refractivity contribution is 0.0974. The second kappa shape index (κ2) is 5.55. The van der Waals surface area contributed by atoms with Crippen LogP contribution in [0.4, 0.5) is 0 Å². The van der Waals surface area contributed by atoms with Crippen LogP contribution >= 0.6 is 0 Å². The molecule has 0 aromatic carbocycles. The Morgan fingerprint density at radius 3 is 2.25 bits per heavy atom. The third kappa shape index (κ3) is 3.11. The molecule has 0 aliphatic carbocycles. The van der Waals surface area contributed by atoms with Gasteiger partial charge in [0, 0.05) is 25.2 Å². The largest absolute Gasteiger partial charge is 0.314 e. The average molecular weight is 172 g/mol. The van der Waals surface area contributed by atoms with Gasteiger partial charge in [0.05, 0.1) is 0 Å². The van der Waals surface area contributed by atoms with E-state index >= 15 is 0 Å². The lowest BCUT2D eigenvalue weighted by Gasteiger charge is -2.42. The highest BCUT2D eigenvalue weighted by atomic mass is 15.2. The molecule has 0 bridgehead atoms. The molecule has 0 aromatic heterocycles. The van der Waals surface area contributed by atoms with Gasteiger partial charge in [-0.15, -0.1) is 0 Å². The minimum Gasteiger partial charge on any atom is -0.314 e. The van der Waals surface area contributed by atoms with Gasteiger partial charge in [-0.3, -0.25) is 4.90 Å². The topological polar surface area (TPSA) is 15.3 Å². The lowest BCUT2D eigenvalue weighted by atomic mass is 10.0. The number of piperazine rings is 1. The number of hydrogen-bond acceptors (Lipinski definition) is 2. The summed E-state index contributed by atoms with van der Waals surface area (Å²) in [4.78, 5) is 2.52. The maximum absolute atomic E-state index is 3.40. The van der Waals surface area contributed by atoms with Gasteiger partial charge in [0.25, 0.3) is 0 Å². The predicted molar refractivity (Wildman–Crippen MR) is 55.5 cm³/mol. The first-order valence-corrected chi connectivity index (χ1v) is 5.12. The van der Waals surface area contributed by atoms with E-state index in [0.29, 0.717) is 5.54 Å². The molecule has 2 nitrogen and oxygen atoms in total. The van der Waals surface area contributed by atoms with E-state index in [1.54, 1.807) is 0 Å². The molecule has 2 heteroatoms. The monoisotopic (exact) mass is 172 g/mol. The van der Waals surface area contributed by atoms with Crippen molar-refractivity contribution >= 4 is 0 Å². The van der Waals surface area contributed by atoms with Crippen molar-refractivity contribution in [3.63, 3.8) is 0 Å². The van der Waals surface area contributed by atoms with E-state index in [2.05, 4.69) is 31.0 Å². The van der Waals surface area contributed by atoms with Gasteiger partial charge in [-0.2, -0.15) is 0 Å². The smallest absolute Gasteiger partial charge is 0.0278 e. The Balaban J connectivity index is 0.000000561. The molecular formula is C10H24N2. The van der Waals surface area contributed by atoms with Gasteiger partial charge < -0.3 is 5.32 Å². The van der Waals surface area contributed by atoms with Crippen LogP contribution in [0.1, 0.15) is 34.6 Å². The van der Waals surface area contributed by atoms with Crippen LogP contribution in [0.5, 0.6) is 0 Å². The Hall–Kier alpha value is -0.0800. The van der Waals surface area contributed by atoms with E-state index in [1.165, 1.54) is 13.1 Å². The fraction of sp³-hybridized carbons (Fsp3) is 1.00. The second-order valence-electron chi connectivity index (χ2n) is 3.57. The average Bonchev–Trinajstić information content (AvgIpc) is 2.07. The van der Waals surface area contributed by atoms with Crippen molar-refractivity contribution in [1.82, 2.24) is 10.2 Å². The van der Waals surface area contributed by atoms with Gasteiger partial charge in [0.2, 0.25) is 0 Å². The first kappa shape index (κ1) is 11.9. The van der Waals surface area contributed by atoms with Gasteiger partial charge in [0.15, 0.2) is 0 Å². The molecule has 1 saturated heterocycles. The molecule has 74 valence electrons. The Morgan fingerprint density at radius 1 is 1.33 bits per heavy atom. The molecule has 1 fully saturated rings. The molecule has 0 radical (unpaired) electrons. The highest BCUT2D eigenvalue weighted by Gasteiger charge is 2.27. The van der Waals surface area contributed by atoms with E-state index in [4.69, 9.17) is 0 Å². The number of likely N-dealkylation sites (N-methyl/N-ethyl adjacent to an activating group) is 1. The van der Waals surface area contributed by atoms with E-state index in [-0.39, 0.29) is 0 Å².